The third-order valence-electron chi connectivity index (χ3n) is 3.00. The molecule has 0 amide bonds. The summed E-state index contributed by atoms with van der Waals surface area (Å²) in [6.07, 6.45) is 0.831. The molecule has 1 N–H and O–H groups in total. The Morgan fingerprint density at radius 2 is 2.11 bits per heavy atom. The fraction of sp³-hybridized carbons (Fsp3) is 0.133. The van der Waals surface area contributed by atoms with E-state index in [1.54, 1.807) is 24.4 Å². The molecule has 3 nitrogen and oxygen atoms in total. The number of hydrogen-bond acceptors (Lipinski definition) is 3. The van der Waals surface area contributed by atoms with E-state index in [9.17, 15) is 5.11 Å². The van der Waals surface area contributed by atoms with E-state index >= 15 is 0 Å². The second kappa shape index (κ2) is 4.68. The van der Waals surface area contributed by atoms with E-state index in [1.165, 1.54) is 0 Å². The zero-order valence-electron chi connectivity index (χ0n) is 10.3. The van der Waals surface area contributed by atoms with Crippen molar-refractivity contribution in [1.29, 1.82) is 0 Å². The van der Waals surface area contributed by atoms with E-state index in [0.29, 0.717) is 22.1 Å². The van der Waals surface area contributed by atoms with Gasteiger partial charge in [0, 0.05) is 11.6 Å². The maximum Gasteiger partial charge on any atom is 0.153 e. The van der Waals surface area contributed by atoms with Crippen molar-refractivity contribution in [1.82, 2.24) is 4.98 Å². The Labute approximate surface area is 115 Å². The van der Waals surface area contributed by atoms with Crippen LogP contribution in [0.2, 0.25) is 5.02 Å². The van der Waals surface area contributed by atoms with Gasteiger partial charge in [0.2, 0.25) is 0 Å². The van der Waals surface area contributed by atoms with Crippen LogP contribution in [0.5, 0.6) is 0 Å². The number of halogens is 1. The molecule has 0 bridgehead atoms. The van der Waals surface area contributed by atoms with Crippen molar-refractivity contribution >= 4 is 22.6 Å². The summed E-state index contributed by atoms with van der Waals surface area (Å²) in [6.45, 7) is 1.95. The maximum atomic E-state index is 10.3. The van der Waals surface area contributed by atoms with Gasteiger partial charge in [-0.2, -0.15) is 0 Å². The molecule has 0 fully saturated rings. The number of benzene rings is 1. The minimum Gasteiger partial charge on any atom is -0.456 e. The Morgan fingerprint density at radius 1 is 1.26 bits per heavy atom. The number of aryl methyl sites for hydroxylation is 1. The molecule has 3 aromatic rings. The van der Waals surface area contributed by atoms with Crippen molar-refractivity contribution in [3.63, 3.8) is 0 Å². The highest BCUT2D eigenvalue weighted by molar-refractivity contribution is 6.34. The first-order valence-corrected chi connectivity index (χ1v) is 6.31. The van der Waals surface area contributed by atoms with Gasteiger partial charge in [-0.05, 0) is 30.7 Å². The molecule has 2 aromatic heterocycles. The van der Waals surface area contributed by atoms with Crippen LogP contribution in [0.15, 0.2) is 47.0 Å². The zero-order valence-corrected chi connectivity index (χ0v) is 11.1. The third kappa shape index (κ3) is 2.23. The number of para-hydroxylation sites is 1. The molecule has 96 valence electrons. The van der Waals surface area contributed by atoms with E-state index < -0.39 is 6.10 Å². The summed E-state index contributed by atoms with van der Waals surface area (Å²) in [5.74, 6) is 0.444. The fourth-order valence-corrected chi connectivity index (χ4v) is 2.19. The first-order valence-electron chi connectivity index (χ1n) is 5.94. The molecule has 0 aliphatic heterocycles. The quantitative estimate of drug-likeness (QED) is 0.771. The van der Waals surface area contributed by atoms with Gasteiger partial charge in [0.05, 0.1) is 10.7 Å². The van der Waals surface area contributed by atoms with Crippen molar-refractivity contribution in [3.8, 4) is 0 Å². The number of furan rings is 1. The molecule has 19 heavy (non-hydrogen) atoms. The molecule has 0 aliphatic carbocycles. The first kappa shape index (κ1) is 12.2. The SMILES string of the molecule is Cc1ccc(C(O)c2cc3cccc(Cl)c3o2)nc1. The summed E-state index contributed by atoms with van der Waals surface area (Å²) in [6, 6.07) is 11.0. The summed E-state index contributed by atoms with van der Waals surface area (Å²) < 4.78 is 5.62. The Bertz CT molecular complexity index is 719. The molecule has 0 saturated carbocycles. The predicted molar refractivity (Wildman–Crippen MR) is 74.3 cm³/mol. The van der Waals surface area contributed by atoms with Gasteiger partial charge in [-0.3, -0.25) is 4.98 Å². The predicted octanol–water partition coefficient (Wildman–Crippen LogP) is 3.87. The van der Waals surface area contributed by atoms with Crippen LogP contribution in [0.1, 0.15) is 23.1 Å². The van der Waals surface area contributed by atoms with Crippen molar-refractivity contribution in [2.45, 2.75) is 13.0 Å². The van der Waals surface area contributed by atoms with Gasteiger partial charge in [0.1, 0.15) is 5.76 Å². The van der Waals surface area contributed by atoms with Crippen LogP contribution < -0.4 is 0 Å². The van der Waals surface area contributed by atoms with Gasteiger partial charge >= 0.3 is 0 Å². The number of nitrogens with zero attached hydrogens (tertiary/aromatic N) is 1. The van der Waals surface area contributed by atoms with Gasteiger partial charge < -0.3 is 9.52 Å². The molecule has 0 spiro atoms. The van der Waals surface area contributed by atoms with Crippen LogP contribution >= 0.6 is 11.6 Å². The lowest BCUT2D eigenvalue weighted by atomic mass is 10.1. The number of pyridine rings is 1. The van der Waals surface area contributed by atoms with Gasteiger partial charge in [0.25, 0.3) is 0 Å². The Kier molecular flexibility index (Phi) is 3.01. The molecule has 3 rings (SSSR count). The summed E-state index contributed by atoms with van der Waals surface area (Å²) in [7, 11) is 0. The van der Waals surface area contributed by atoms with Crippen molar-refractivity contribution in [2.75, 3.05) is 0 Å². The highest BCUT2D eigenvalue weighted by Gasteiger charge is 2.17. The molecule has 0 radical (unpaired) electrons. The molecule has 0 aliphatic rings. The Balaban J connectivity index is 2.04. The number of hydrogen-bond donors (Lipinski definition) is 1. The van der Waals surface area contributed by atoms with Crippen LogP contribution in [0.25, 0.3) is 11.0 Å². The monoisotopic (exact) mass is 273 g/mol. The lowest BCUT2D eigenvalue weighted by molar-refractivity contribution is 0.187. The topological polar surface area (TPSA) is 46.3 Å². The molecule has 1 atom stereocenters. The molecule has 1 unspecified atom stereocenters. The van der Waals surface area contributed by atoms with E-state index in [-0.39, 0.29) is 0 Å². The van der Waals surface area contributed by atoms with Gasteiger partial charge in [0.15, 0.2) is 11.7 Å². The fourth-order valence-electron chi connectivity index (χ4n) is 1.97. The average molecular weight is 274 g/mol. The highest BCUT2D eigenvalue weighted by atomic mass is 35.5. The first-order chi connectivity index (χ1) is 9.15. The number of aliphatic hydroxyl groups excluding tert-OH is 1. The van der Waals surface area contributed by atoms with Crippen molar-refractivity contribution in [2.24, 2.45) is 0 Å². The van der Waals surface area contributed by atoms with E-state index in [0.717, 1.165) is 10.9 Å². The largest absolute Gasteiger partial charge is 0.456 e. The van der Waals surface area contributed by atoms with Crippen molar-refractivity contribution < 1.29 is 9.52 Å². The van der Waals surface area contributed by atoms with Crippen LogP contribution in [0, 0.1) is 6.92 Å². The van der Waals surface area contributed by atoms with Crippen LogP contribution in [0.4, 0.5) is 0 Å². The Morgan fingerprint density at radius 3 is 2.79 bits per heavy atom. The van der Waals surface area contributed by atoms with Gasteiger partial charge in [-0.25, -0.2) is 0 Å². The minimum absolute atomic E-state index is 0.444. The molecular formula is C15H12ClNO2. The second-order valence-corrected chi connectivity index (χ2v) is 4.88. The van der Waals surface area contributed by atoms with E-state index in [2.05, 4.69) is 4.98 Å². The summed E-state index contributed by atoms with van der Waals surface area (Å²) in [5.41, 5.74) is 2.19. The Hall–Kier alpha value is -1.84. The number of rotatable bonds is 2. The molecule has 2 heterocycles. The highest BCUT2D eigenvalue weighted by Crippen LogP contribution is 2.31. The minimum atomic E-state index is -0.885. The molecular weight excluding hydrogens is 262 g/mol. The second-order valence-electron chi connectivity index (χ2n) is 4.47. The van der Waals surface area contributed by atoms with E-state index in [1.807, 2.05) is 25.1 Å². The van der Waals surface area contributed by atoms with Gasteiger partial charge in [-0.15, -0.1) is 0 Å². The number of aromatic nitrogens is 1. The number of aliphatic hydroxyl groups is 1. The van der Waals surface area contributed by atoms with Gasteiger partial charge in [-0.1, -0.05) is 29.8 Å². The van der Waals surface area contributed by atoms with Crippen LogP contribution in [-0.2, 0) is 0 Å². The van der Waals surface area contributed by atoms with Crippen LogP contribution in [0.3, 0.4) is 0 Å². The zero-order chi connectivity index (χ0) is 13.4. The molecule has 4 heteroatoms. The maximum absolute atomic E-state index is 10.3. The average Bonchev–Trinajstić information content (AvgIpc) is 2.84. The van der Waals surface area contributed by atoms with Crippen LogP contribution in [-0.4, -0.2) is 10.1 Å². The lowest BCUT2D eigenvalue weighted by Gasteiger charge is -2.06. The normalized spacial score (nSPS) is 12.8. The summed E-state index contributed by atoms with van der Waals surface area (Å²) in [4.78, 5) is 4.20. The summed E-state index contributed by atoms with van der Waals surface area (Å²) in [5, 5.41) is 11.7. The van der Waals surface area contributed by atoms with Crippen molar-refractivity contribution in [3.05, 3.63) is 64.6 Å². The lowest BCUT2D eigenvalue weighted by Crippen LogP contribution is -2.00. The standard InChI is InChI=1S/C15H12ClNO2/c1-9-5-6-12(17-8-9)14(18)13-7-10-3-2-4-11(16)15(10)19-13/h2-8,14,18H,1H3. The number of fused-ring (bicyclic) bond motifs is 1. The summed E-state index contributed by atoms with van der Waals surface area (Å²) >= 11 is 6.05. The molecule has 0 saturated heterocycles. The third-order valence-corrected chi connectivity index (χ3v) is 3.30. The van der Waals surface area contributed by atoms with E-state index in [4.69, 9.17) is 16.0 Å². The molecule has 1 aromatic carbocycles. The smallest absolute Gasteiger partial charge is 0.153 e.